The number of hydrogen-bond donors (Lipinski definition) is 2. The van der Waals surface area contributed by atoms with Crippen LogP contribution in [0.1, 0.15) is 18.2 Å². The molecular formula is C13H19N3O2S. The lowest BCUT2D eigenvalue weighted by molar-refractivity contribution is -0.0805. The van der Waals surface area contributed by atoms with E-state index in [-0.39, 0.29) is 12.7 Å². The maximum Gasteiger partial charge on any atom is 0.122 e. The van der Waals surface area contributed by atoms with Gasteiger partial charge in [0.2, 0.25) is 0 Å². The van der Waals surface area contributed by atoms with Crippen LogP contribution < -0.4 is 5.73 Å². The van der Waals surface area contributed by atoms with Crippen LogP contribution in [-0.4, -0.2) is 51.9 Å². The molecule has 6 heteroatoms. The summed E-state index contributed by atoms with van der Waals surface area (Å²) < 4.78 is 5.52. The number of aromatic nitrogens is 1. The lowest BCUT2D eigenvalue weighted by atomic mass is 10.1. The van der Waals surface area contributed by atoms with Crippen LogP contribution in [0.2, 0.25) is 0 Å². The van der Waals surface area contributed by atoms with Gasteiger partial charge in [-0.05, 0) is 24.6 Å². The SMILES string of the molecule is CC1COC(CO)CN1Cc1ccnc(C(N)=S)c1. The van der Waals surface area contributed by atoms with Gasteiger partial charge in [0.15, 0.2) is 0 Å². The zero-order valence-electron chi connectivity index (χ0n) is 11.0. The van der Waals surface area contributed by atoms with Crippen molar-refractivity contribution in [1.82, 2.24) is 9.88 Å². The molecule has 104 valence electrons. The minimum atomic E-state index is -0.104. The molecule has 2 rings (SSSR count). The van der Waals surface area contributed by atoms with E-state index >= 15 is 0 Å². The van der Waals surface area contributed by atoms with Gasteiger partial charge in [-0.2, -0.15) is 0 Å². The zero-order chi connectivity index (χ0) is 13.8. The predicted octanol–water partition coefficient (Wildman–Crippen LogP) is 0.297. The summed E-state index contributed by atoms with van der Waals surface area (Å²) in [4.78, 5) is 6.72. The summed E-state index contributed by atoms with van der Waals surface area (Å²) >= 11 is 4.94. The molecule has 1 aliphatic heterocycles. The maximum absolute atomic E-state index is 9.18. The van der Waals surface area contributed by atoms with E-state index in [1.165, 1.54) is 0 Å². The Kier molecular flexibility index (Phi) is 4.81. The molecule has 3 N–H and O–H groups in total. The molecule has 19 heavy (non-hydrogen) atoms. The van der Waals surface area contributed by atoms with E-state index in [4.69, 9.17) is 22.7 Å². The molecule has 1 aromatic heterocycles. The highest BCUT2D eigenvalue weighted by Crippen LogP contribution is 2.15. The summed E-state index contributed by atoms with van der Waals surface area (Å²) in [5.41, 5.74) is 7.35. The monoisotopic (exact) mass is 281 g/mol. The molecule has 1 aliphatic rings. The molecule has 0 radical (unpaired) electrons. The molecule has 1 fully saturated rings. The van der Waals surface area contributed by atoms with E-state index in [1.54, 1.807) is 6.20 Å². The fraction of sp³-hybridized carbons (Fsp3) is 0.538. The lowest BCUT2D eigenvalue weighted by Crippen LogP contribution is -2.48. The smallest absolute Gasteiger partial charge is 0.122 e. The average Bonchev–Trinajstić information content (AvgIpc) is 2.41. The van der Waals surface area contributed by atoms with Gasteiger partial charge in [-0.15, -0.1) is 0 Å². The van der Waals surface area contributed by atoms with Crippen molar-refractivity contribution in [2.45, 2.75) is 25.6 Å². The van der Waals surface area contributed by atoms with Crippen LogP contribution in [0.25, 0.3) is 0 Å². The Bertz CT molecular complexity index is 455. The van der Waals surface area contributed by atoms with Crippen LogP contribution in [0.5, 0.6) is 0 Å². The molecule has 0 aromatic carbocycles. The van der Waals surface area contributed by atoms with Crippen LogP contribution in [0.15, 0.2) is 18.3 Å². The number of thiocarbonyl (C=S) groups is 1. The number of morpholine rings is 1. The number of aliphatic hydroxyl groups is 1. The third kappa shape index (κ3) is 3.70. The number of aliphatic hydroxyl groups excluding tert-OH is 1. The molecule has 2 unspecified atom stereocenters. The number of hydrogen-bond acceptors (Lipinski definition) is 5. The molecule has 1 saturated heterocycles. The van der Waals surface area contributed by atoms with Gasteiger partial charge in [0, 0.05) is 25.3 Å². The summed E-state index contributed by atoms with van der Waals surface area (Å²) in [6.07, 6.45) is 1.62. The van der Waals surface area contributed by atoms with Gasteiger partial charge in [-0.1, -0.05) is 12.2 Å². The van der Waals surface area contributed by atoms with Gasteiger partial charge >= 0.3 is 0 Å². The highest BCUT2D eigenvalue weighted by atomic mass is 32.1. The van der Waals surface area contributed by atoms with Crippen LogP contribution in [-0.2, 0) is 11.3 Å². The second kappa shape index (κ2) is 6.38. The maximum atomic E-state index is 9.18. The molecule has 0 saturated carbocycles. The average molecular weight is 281 g/mol. The summed E-state index contributed by atoms with van der Waals surface area (Å²) in [6, 6.07) is 4.19. The first-order chi connectivity index (χ1) is 9.10. The Hall–Kier alpha value is -1.08. The molecule has 0 bridgehead atoms. The standard InChI is InChI=1S/C13H19N3O2S/c1-9-8-18-11(7-17)6-16(9)5-10-2-3-15-12(4-10)13(14)19/h2-4,9,11,17H,5-8H2,1H3,(H2,14,19). The molecule has 1 aromatic rings. The minimum absolute atomic E-state index is 0.0533. The van der Waals surface area contributed by atoms with Crippen molar-refractivity contribution in [2.75, 3.05) is 19.8 Å². The molecule has 0 aliphatic carbocycles. The van der Waals surface area contributed by atoms with Crippen molar-refractivity contribution in [3.05, 3.63) is 29.6 Å². The van der Waals surface area contributed by atoms with Crippen LogP contribution in [0.4, 0.5) is 0 Å². The van der Waals surface area contributed by atoms with Crippen molar-refractivity contribution in [1.29, 1.82) is 0 Å². The van der Waals surface area contributed by atoms with E-state index in [2.05, 4.69) is 16.8 Å². The van der Waals surface area contributed by atoms with E-state index in [1.807, 2.05) is 12.1 Å². The lowest BCUT2D eigenvalue weighted by Gasteiger charge is -2.37. The van der Waals surface area contributed by atoms with Crippen molar-refractivity contribution in [2.24, 2.45) is 5.73 Å². The highest BCUT2D eigenvalue weighted by Gasteiger charge is 2.25. The first-order valence-corrected chi connectivity index (χ1v) is 6.72. The highest BCUT2D eigenvalue weighted by molar-refractivity contribution is 7.80. The molecular weight excluding hydrogens is 262 g/mol. The quantitative estimate of drug-likeness (QED) is 0.773. The van der Waals surface area contributed by atoms with Gasteiger partial charge in [0.1, 0.15) is 4.99 Å². The van der Waals surface area contributed by atoms with Crippen molar-refractivity contribution in [3.63, 3.8) is 0 Å². The van der Waals surface area contributed by atoms with Gasteiger partial charge in [0.05, 0.1) is 25.0 Å². The second-order valence-electron chi connectivity index (χ2n) is 4.83. The van der Waals surface area contributed by atoms with Crippen molar-refractivity contribution in [3.8, 4) is 0 Å². The Balaban J connectivity index is 2.06. The summed E-state index contributed by atoms with van der Waals surface area (Å²) in [7, 11) is 0. The Morgan fingerprint density at radius 3 is 3.16 bits per heavy atom. The number of rotatable bonds is 4. The first-order valence-electron chi connectivity index (χ1n) is 6.31. The van der Waals surface area contributed by atoms with E-state index in [0.717, 1.165) is 18.7 Å². The largest absolute Gasteiger partial charge is 0.394 e. The Labute approximate surface area is 118 Å². The second-order valence-corrected chi connectivity index (χ2v) is 5.27. The number of nitrogens with two attached hydrogens (primary N) is 1. The van der Waals surface area contributed by atoms with Crippen molar-refractivity contribution >= 4 is 17.2 Å². The van der Waals surface area contributed by atoms with Gasteiger partial charge < -0.3 is 15.6 Å². The topological polar surface area (TPSA) is 71.6 Å². The van der Waals surface area contributed by atoms with Gasteiger partial charge in [-0.25, -0.2) is 0 Å². The van der Waals surface area contributed by atoms with Crippen LogP contribution in [0.3, 0.4) is 0 Å². The first kappa shape index (κ1) is 14.3. The summed E-state index contributed by atoms with van der Waals surface area (Å²) in [6.45, 7) is 4.31. The zero-order valence-corrected chi connectivity index (χ0v) is 11.8. The van der Waals surface area contributed by atoms with Crippen LogP contribution >= 0.6 is 12.2 Å². The van der Waals surface area contributed by atoms with Gasteiger partial charge in [0.25, 0.3) is 0 Å². The predicted molar refractivity (Wildman–Crippen MR) is 76.8 cm³/mol. The molecule has 5 nitrogen and oxygen atoms in total. The molecule has 2 atom stereocenters. The van der Waals surface area contributed by atoms with Crippen molar-refractivity contribution < 1.29 is 9.84 Å². The fourth-order valence-electron chi connectivity index (χ4n) is 2.15. The molecule has 2 heterocycles. The number of pyridine rings is 1. The number of nitrogens with zero attached hydrogens (tertiary/aromatic N) is 2. The Morgan fingerprint density at radius 2 is 2.47 bits per heavy atom. The Morgan fingerprint density at radius 1 is 1.68 bits per heavy atom. The third-order valence-corrected chi connectivity index (χ3v) is 3.51. The number of ether oxygens (including phenoxy) is 1. The van der Waals surface area contributed by atoms with E-state index < -0.39 is 0 Å². The fourth-order valence-corrected chi connectivity index (χ4v) is 2.26. The normalized spacial score (nSPS) is 24.3. The molecule has 0 amide bonds. The summed E-state index contributed by atoms with van der Waals surface area (Å²) in [5.74, 6) is 0. The van der Waals surface area contributed by atoms with E-state index in [9.17, 15) is 5.11 Å². The minimum Gasteiger partial charge on any atom is -0.394 e. The third-order valence-electron chi connectivity index (χ3n) is 3.30. The molecule has 0 spiro atoms. The van der Waals surface area contributed by atoms with Gasteiger partial charge in [-0.3, -0.25) is 9.88 Å². The van der Waals surface area contributed by atoms with Crippen LogP contribution in [0, 0.1) is 0 Å². The van der Waals surface area contributed by atoms with E-state index in [0.29, 0.717) is 23.3 Å². The summed E-state index contributed by atoms with van der Waals surface area (Å²) in [5, 5.41) is 9.18.